The molecule has 2 heterocycles. The Morgan fingerprint density at radius 1 is 1.45 bits per heavy atom. The second kappa shape index (κ2) is 6.22. The zero-order valence-corrected chi connectivity index (χ0v) is 14.0. The molecule has 0 spiro atoms. The molecule has 118 valence electrons. The van der Waals surface area contributed by atoms with Gasteiger partial charge in [0.1, 0.15) is 10.6 Å². The van der Waals surface area contributed by atoms with Gasteiger partial charge in [-0.3, -0.25) is 4.79 Å². The van der Waals surface area contributed by atoms with E-state index in [9.17, 15) is 4.79 Å². The van der Waals surface area contributed by atoms with Gasteiger partial charge in [-0.1, -0.05) is 0 Å². The predicted molar refractivity (Wildman–Crippen MR) is 87.3 cm³/mol. The van der Waals surface area contributed by atoms with E-state index in [0.717, 1.165) is 34.8 Å². The summed E-state index contributed by atoms with van der Waals surface area (Å²) < 4.78 is 5.57. The summed E-state index contributed by atoms with van der Waals surface area (Å²) in [6.45, 7) is 5.31. The average Bonchev–Trinajstić information content (AvgIpc) is 3.14. The summed E-state index contributed by atoms with van der Waals surface area (Å²) in [4.78, 5) is 19.7. The Labute approximate surface area is 134 Å². The van der Waals surface area contributed by atoms with Crippen LogP contribution in [-0.2, 0) is 0 Å². The summed E-state index contributed by atoms with van der Waals surface area (Å²) in [5, 5.41) is 3.74. The van der Waals surface area contributed by atoms with Gasteiger partial charge in [0.25, 0.3) is 5.91 Å². The maximum atomic E-state index is 12.3. The van der Waals surface area contributed by atoms with Crippen molar-refractivity contribution in [2.75, 3.05) is 20.1 Å². The van der Waals surface area contributed by atoms with Gasteiger partial charge < -0.3 is 14.6 Å². The number of aromatic nitrogens is 1. The zero-order chi connectivity index (χ0) is 15.7. The Hall–Kier alpha value is -1.66. The molecule has 0 aromatic carbocycles. The quantitative estimate of drug-likeness (QED) is 0.889. The monoisotopic (exact) mass is 319 g/mol. The van der Waals surface area contributed by atoms with Crippen LogP contribution in [0.15, 0.2) is 16.5 Å². The third-order valence-electron chi connectivity index (χ3n) is 3.87. The normalized spacial score (nSPS) is 14.5. The summed E-state index contributed by atoms with van der Waals surface area (Å²) >= 11 is 1.38. The fourth-order valence-corrected chi connectivity index (χ4v) is 3.33. The van der Waals surface area contributed by atoms with E-state index in [2.05, 4.69) is 22.2 Å². The van der Waals surface area contributed by atoms with E-state index in [1.807, 2.05) is 26.0 Å². The van der Waals surface area contributed by atoms with Crippen molar-refractivity contribution in [1.82, 2.24) is 15.2 Å². The molecule has 0 unspecified atom stereocenters. The van der Waals surface area contributed by atoms with Crippen molar-refractivity contribution in [3.8, 4) is 10.8 Å². The van der Waals surface area contributed by atoms with Crippen LogP contribution in [0.25, 0.3) is 10.8 Å². The Morgan fingerprint density at radius 3 is 2.86 bits per heavy atom. The highest BCUT2D eigenvalue weighted by Gasteiger charge is 2.25. The number of hydrogen-bond acceptors (Lipinski definition) is 5. The van der Waals surface area contributed by atoms with Crippen LogP contribution in [0.5, 0.6) is 0 Å². The first-order valence-electron chi connectivity index (χ1n) is 7.57. The topological polar surface area (TPSA) is 58.4 Å². The van der Waals surface area contributed by atoms with Crippen LogP contribution in [-0.4, -0.2) is 42.0 Å². The summed E-state index contributed by atoms with van der Waals surface area (Å²) in [5.74, 6) is 1.52. The molecule has 1 amide bonds. The molecule has 0 radical (unpaired) electrons. The molecule has 2 aromatic heterocycles. The maximum absolute atomic E-state index is 12.3. The molecule has 3 rings (SSSR count). The van der Waals surface area contributed by atoms with Crippen LogP contribution >= 0.6 is 11.3 Å². The number of nitrogens with one attached hydrogen (secondary N) is 1. The van der Waals surface area contributed by atoms with Gasteiger partial charge in [0, 0.05) is 19.1 Å². The third kappa shape index (κ3) is 3.39. The molecule has 22 heavy (non-hydrogen) atoms. The van der Waals surface area contributed by atoms with Gasteiger partial charge in [-0.15, -0.1) is 11.3 Å². The minimum Gasteiger partial charge on any atom is -0.459 e. The highest BCUT2D eigenvalue weighted by Crippen LogP contribution is 2.29. The standard InChI is InChI=1S/C16H21N3O2S/c1-10-4-7-13(21-10)16-18-11(2)14(22-16)15(20)17-8-9-19(3)12-5-6-12/h4,7,12H,5-6,8-9H2,1-3H3,(H,17,20). The molecule has 1 N–H and O–H groups in total. The highest BCUT2D eigenvalue weighted by molar-refractivity contribution is 7.17. The van der Waals surface area contributed by atoms with Gasteiger partial charge in [-0.2, -0.15) is 0 Å². The van der Waals surface area contributed by atoms with Crippen LogP contribution in [0, 0.1) is 13.8 Å². The number of likely N-dealkylation sites (N-methyl/N-ethyl adjacent to an activating group) is 1. The van der Waals surface area contributed by atoms with E-state index >= 15 is 0 Å². The molecular weight excluding hydrogens is 298 g/mol. The van der Waals surface area contributed by atoms with Crippen molar-refractivity contribution in [3.05, 3.63) is 28.5 Å². The molecule has 6 heteroatoms. The van der Waals surface area contributed by atoms with Crippen molar-refractivity contribution >= 4 is 17.2 Å². The number of furan rings is 1. The fraction of sp³-hybridized carbons (Fsp3) is 0.500. The van der Waals surface area contributed by atoms with E-state index in [1.54, 1.807) is 0 Å². The van der Waals surface area contributed by atoms with Gasteiger partial charge in [0.15, 0.2) is 10.8 Å². The van der Waals surface area contributed by atoms with E-state index in [4.69, 9.17) is 4.42 Å². The molecule has 1 aliphatic rings. The number of hydrogen-bond donors (Lipinski definition) is 1. The van der Waals surface area contributed by atoms with Crippen molar-refractivity contribution in [2.24, 2.45) is 0 Å². The molecular formula is C16H21N3O2S. The smallest absolute Gasteiger partial charge is 0.263 e. The van der Waals surface area contributed by atoms with Gasteiger partial charge in [0.05, 0.1) is 5.69 Å². The number of amides is 1. The van der Waals surface area contributed by atoms with E-state index < -0.39 is 0 Å². The Kier molecular flexibility index (Phi) is 4.31. The SMILES string of the molecule is Cc1ccc(-c2nc(C)c(C(=O)NCCN(C)C3CC3)s2)o1. The van der Waals surface area contributed by atoms with Crippen LogP contribution in [0.4, 0.5) is 0 Å². The first kappa shape index (κ1) is 15.2. The lowest BCUT2D eigenvalue weighted by Crippen LogP contribution is -2.33. The van der Waals surface area contributed by atoms with Crippen molar-refractivity contribution in [1.29, 1.82) is 0 Å². The van der Waals surface area contributed by atoms with Crippen LogP contribution in [0.3, 0.4) is 0 Å². The Morgan fingerprint density at radius 2 is 2.23 bits per heavy atom. The highest BCUT2D eigenvalue weighted by atomic mass is 32.1. The summed E-state index contributed by atoms with van der Waals surface area (Å²) in [7, 11) is 2.11. The lowest BCUT2D eigenvalue weighted by Gasteiger charge is -2.15. The molecule has 0 saturated heterocycles. The summed E-state index contributed by atoms with van der Waals surface area (Å²) in [6, 6.07) is 4.51. The Bertz CT molecular complexity index is 673. The lowest BCUT2D eigenvalue weighted by atomic mass is 10.3. The van der Waals surface area contributed by atoms with Gasteiger partial charge in [0.2, 0.25) is 0 Å². The average molecular weight is 319 g/mol. The molecule has 2 aromatic rings. The molecule has 0 atom stereocenters. The minimum absolute atomic E-state index is 0.0475. The third-order valence-corrected chi connectivity index (χ3v) is 5.05. The second-order valence-electron chi connectivity index (χ2n) is 5.81. The number of rotatable bonds is 6. The van der Waals surface area contributed by atoms with Crippen molar-refractivity contribution < 1.29 is 9.21 Å². The zero-order valence-electron chi connectivity index (χ0n) is 13.2. The first-order chi connectivity index (χ1) is 10.5. The molecule has 1 aliphatic carbocycles. The van der Waals surface area contributed by atoms with Crippen LogP contribution in [0.1, 0.15) is 34.0 Å². The number of aryl methyl sites for hydroxylation is 2. The molecule has 0 bridgehead atoms. The van der Waals surface area contributed by atoms with Crippen molar-refractivity contribution in [2.45, 2.75) is 32.7 Å². The molecule has 5 nitrogen and oxygen atoms in total. The lowest BCUT2D eigenvalue weighted by molar-refractivity contribution is 0.0952. The number of thiazole rings is 1. The van der Waals surface area contributed by atoms with Gasteiger partial charge in [-0.25, -0.2) is 4.98 Å². The van der Waals surface area contributed by atoms with Crippen LogP contribution in [0.2, 0.25) is 0 Å². The van der Waals surface area contributed by atoms with Crippen molar-refractivity contribution in [3.63, 3.8) is 0 Å². The largest absolute Gasteiger partial charge is 0.459 e. The van der Waals surface area contributed by atoms with E-state index in [1.165, 1.54) is 24.2 Å². The second-order valence-corrected chi connectivity index (χ2v) is 6.81. The van der Waals surface area contributed by atoms with E-state index in [-0.39, 0.29) is 5.91 Å². The van der Waals surface area contributed by atoms with Gasteiger partial charge >= 0.3 is 0 Å². The maximum Gasteiger partial charge on any atom is 0.263 e. The predicted octanol–water partition coefficient (Wildman–Crippen LogP) is 2.84. The number of carbonyl (C=O) groups excluding carboxylic acids is 1. The molecule has 0 aliphatic heterocycles. The number of carbonyl (C=O) groups is 1. The molecule has 1 saturated carbocycles. The minimum atomic E-state index is -0.0475. The fourth-order valence-electron chi connectivity index (χ4n) is 2.39. The van der Waals surface area contributed by atoms with Gasteiger partial charge in [-0.05, 0) is 45.9 Å². The summed E-state index contributed by atoms with van der Waals surface area (Å²) in [6.07, 6.45) is 2.56. The number of nitrogens with zero attached hydrogens (tertiary/aromatic N) is 2. The Balaban J connectivity index is 1.61. The van der Waals surface area contributed by atoms with Crippen LogP contribution < -0.4 is 5.32 Å². The van der Waals surface area contributed by atoms with E-state index in [0.29, 0.717) is 11.4 Å². The molecule has 1 fully saturated rings. The summed E-state index contributed by atoms with van der Waals surface area (Å²) in [5.41, 5.74) is 0.752. The first-order valence-corrected chi connectivity index (χ1v) is 8.39.